The molecule has 110 valence electrons. The quantitative estimate of drug-likeness (QED) is 0.535. The van der Waals surface area contributed by atoms with E-state index in [1.165, 1.54) is 0 Å². The van der Waals surface area contributed by atoms with Crippen molar-refractivity contribution in [1.82, 2.24) is 0 Å². The highest BCUT2D eigenvalue weighted by molar-refractivity contribution is 7.48. The molecule has 1 unspecified atom stereocenters. The average Bonchev–Trinajstić information content (AvgIpc) is 2.28. The van der Waals surface area contributed by atoms with Crippen LogP contribution < -0.4 is 0 Å². The molecule has 0 aliphatic carbocycles. The molecule has 12 heteroatoms. The number of phosphoric ester groups is 1. The highest BCUT2D eigenvalue weighted by atomic mass is 31.2. The third kappa shape index (κ3) is 3.34. The SMILES string of the molecule is COP(=O)(OC)OC(F)C(F)(F)C(F)(F)C(F)F. The average molecular weight is 308 g/mol. The molecule has 0 amide bonds. The minimum absolute atomic E-state index is 0.584. The normalized spacial score (nSPS) is 16.1. The summed E-state index contributed by atoms with van der Waals surface area (Å²) in [6, 6.07) is 0. The molecule has 0 saturated carbocycles. The molecule has 0 heterocycles. The Morgan fingerprint density at radius 1 is 0.944 bits per heavy atom. The zero-order chi connectivity index (χ0) is 14.8. The first-order valence-electron chi connectivity index (χ1n) is 4.02. The van der Waals surface area contributed by atoms with Crippen LogP contribution in [0.5, 0.6) is 0 Å². The van der Waals surface area contributed by atoms with Crippen molar-refractivity contribution in [2.45, 2.75) is 24.6 Å². The minimum Gasteiger partial charge on any atom is -0.290 e. The first-order valence-corrected chi connectivity index (χ1v) is 5.48. The van der Waals surface area contributed by atoms with Gasteiger partial charge in [0, 0.05) is 14.2 Å². The molecule has 1 atom stereocenters. The van der Waals surface area contributed by atoms with Crippen LogP contribution in [0.25, 0.3) is 0 Å². The van der Waals surface area contributed by atoms with E-state index in [2.05, 4.69) is 13.6 Å². The lowest BCUT2D eigenvalue weighted by Gasteiger charge is -2.28. The summed E-state index contributed by atoms with van der Waals surface area (Å²) in [4.78, 5) is 0. The Morgan fingerprint density at radius 2 is 1.33 bits per heavy atom. The van der Waals surface area contributed by atoms with Crippen molar-refractivity contribution in [2.24, 2.45) is 0 Å². The third-order valence-corrected chi connectivity index (χ3v) is 3.01. The molecule has 0 saturated heterocycles. The maximum Gasteiger partial charge on any atom is 0.477 e. The van der Waals surface area contributed by atoms with E-state index in [1.807, 2.05) is 0 Å². The molecule has 0 bridgehead atoms. The van der Waals surface area contributed by atoms with Crippen molar-refractivity contribution in [3.8, 4) is 0 Å². The first kappa shape index (κ1) is 17.6. The molecule has 0 fully saturated rings. The van der Waals surface area contributed by atoms with Gasteiger partial charge in [-0.05, 0) is 0 Å². The molecule has 0 aliphatic rings. The second kappa shape index (κ2) is 5.72. The summed E-state index contributed by atoms with van der Waals surface area (Å²) < 4.78 is 108. The fraction of sp³-hybridized carbons (Fsp3) is 1.00. The van der Waals surface area contributed by atoms with Crippen LogP contribution in [-0.2, 0) is 18.1 Å². The number of alkyl halides is 7. The fourth-order valence-electron chi connectivity index (χ4n) is 0.637. The van der Waals surface area contributed by atoms with E-state index in [-0.39, 0.29) is 0 Å². The van der Waals surface area contributed by atoms with Gasteiger partial charge in [-0.15, -0.1) is 0 Å². The van der Waals surface area contributed by atoms with E-state index < -0.39 is 32.5 Å². The highest BCUT2D eigenvalue weighted by Crippen LogP contribution is 2.53. The zero-order valence-corrected chi connectivity index (χ0v) is 9.78. The lowest BCUT2D eigenvalue weighted by atomic mass is 10.2. The van der Waals surface area contributed by atoms with E-state index in [4.69, 9.17) is 0 Å². The summed E-state index contributed by atoms with van der Waals surface area (Å²) in [6.07, 6.45) is -9.16. The first-order chi connectivity index (χ1) is 7.94. The molecule has 0 spiro atoms. The number of hydrogen-bond acceptors (Lipinski definition) is 4. The number of rotatable bonds is 7. The number of halogens is 7. The van der Waals surface area contributed by atoms with Gasteiger partial charge in [0.1, 0.15) is 0 Å². The van der Waals surface area contributed by atoms with Crippen LogP contribution in [0.1, 0.15) is 0 Å². The lowest BCUT2D eigenvalue weighted by Crippen LogP contribution is -2.52. The smallest absolute Gasteiger partial charge is 0.290 e. The van der Waals surface area contributed by atoms with Crippen LogP contribution in [0.4, 0.5) is 30.7 Å². The monoisotopic (exact) mass is 308 g/mol. The minimum atomic E-state index is -6.02. The van der Waals surface area contributed by atoms with Gasteiger partial charge in [-0.2, -0.15) is 17.6 Å². The maximum atomic E-state index is 12.8. The topological polar surface area (TPSA) is 44.8 Å². The van der Waals surface area contributed by atoms with Gasteiger partial charge >= 0.3 is 26.1 Å². The van der Waals surface area contributed by atoms with Gasteiger partial charge in [-0.1, -0.05) is 0 Å². The zero-order valence-electron chi connectivity index (χ0n) is 8.88. The van der Waals surface area contributed by atoms with Gasteiger partial charge < -0.3 is 0 Å². The maximum absolute atomic E-state index is 12.8. The second-order valence-electron chi connectivity index (χ2n) is 2.78. The van der Waals surface area contributed by atoms with Crippen LogP contribution in [-0.4, -0.2) is 38.8 Å². The molecule has 0 N–H and O–H groups in total. The van der Waals surface area contributed by atoms with Crippen molar-refractivity contribution in [3.63, 3.8) is 0 Å². The van der Waals surface area contributed by atoms with E-state index in [0.29, 0.717) is 14.2 Å². The highest BCUT2D eigenvalue weighted by Gasteiger charge is 2.69. The predicted octanol–water partition coefficient (Wildman–Crippen LogP) is 3.24. The van der Waals surface area contributed by atoms with Gasteiger partial charge in [0.25, 0.3) is 6.36 Å². The largest absolute Gasteiger partial charge is 0.477 e. The van der Waals surface area contributed by atoms with Crippen LogP contribution >= 0.6 is 7.82 Å². The molecule has 0 aromatic heterocycles. The lowest BCUT2D eigenvalue weighted by molar-refractivity contribution is -0.313. The Labute approximate surface area is 96.6 Å². The Morgan fingerprint density at radius 3 is 1.61 bits per heavy atom. The molecule has 18 heavy (non-hydrogen) atoms. The summed E-state index contributed by atoms with van der Waals surface area (Å²) >= 11 is 0. The molecule has 0 aliphatic heterocycles. The van der Waals surface area contributed by atoms with Gasteiger partial charge in [-0.3, -0.25) is 9.05 Å². The molecular weight excluding hydrogens is 300 g/mol. The van der Waals surface area contributed by atoms with Crippen LogP contribution in [0, 0.1) is 0 Å². The second-order valence-corrected chi connectivity index (χ2v) is 4.62. The number of phosphoric acid groups is 1. The van der Waals surface area contributed by atoms with Crippen LogP contribution in [0.3, 0.4) is 0 Å². The predicted molar refractivity (Wildman–Crippen MR) is 43.5 cm³/mol. The van der Waals surface area contributed by atoms with E-state index >= 15 is 0 Å². The standard InChI is InChI=1S/C6H8F7O4P/c1-15-18(14,16-2)17-4(9)6(12,13)5(10,11)3(7)8/h3-4H,1-2H3. The molecule has 0 aromatic carbocycles. The van der Waals surface area contributed by atoms with Crippen LogP contribution in [0.2, 0.25) is 0 Å². The summed E-state index contributed by atoms with van der Waals surface area (Å²) in [5.74, 6) is -11.9. The molecule has 0 radical (unpaired) electrons. The third-order valence-electron chi connectivity index (χ3n) is 1.67. The summed E-state index contributed by atoms with van der Waals surface area (Å²) in [5.41, 5.74) is 0. The molecule has 4 nitrogen and oxygen atoms in total. The molecule has 0 rings (SSSR count). The van der Waals surface area contributed by atoms with E-state index in [9.17, 15) is 35.3 Å². The van der Waals surface area contributed by atoms with Crippen molar-refractivity contribution in [3.05, 3.63) is 0 Å². The Balaban J connectivity index is 5.09. The Bertz CT molecular complexity index is 315. The van der Waals surface area contributed by atoms with Gasteiger partial charge in [0.05, 0.1) is 0 Å². The fourth-order valence-corrected chi connectivity index (χ4v) is 1.32. The van der Waals surface area contributed by atoms with Gasteiger partial charge in [0.15, 0.2) is 0 Å². The number of hydrogen-bond donors (Lipinski definition) is 0. The molecular formula is C6H8F7O4P. The van der Waals surface area contributed by atoms with Gasteiger partial charge in [-0.25, -0.2) is 22.3 Å². The van der Waals surface area contributed by atoms with Crippen molar-refractivity contribution < 1.29 is 48.9 Å². The van der Waals surface area contributed by atoms with Crippen LogP contribution in [0.15, 0.2) is 0 Å². The summed E-state index contributed by atoms with van der Waals surface area (Å²) in [6.45, 7) is 0. The Kier molecular flexibility index (Phi) is 5.60. The summed E-state index contributed by atoms with van der Waals surface area (Å²) in [5, 5.41) is 0. The van der Waals surface area contributed by atoms with E-state index in [0.717, 1.165) is 0 Å². The van der Waals surface area contributed by atoms with E-state index in [1.54, 1.807) is 0 Å². The van der Waals surface area contributed by atoms with Gasteiger partial charge in [0.2, 0.25) is 0 Å². The van der Waals surface area contributed by atoms with Crippen molar-refractivity contribution in [1.29, 1.82) is 0 Å². The summed E-state index contributed by atoms with van der Waals surface area (Å²) in [7, 11) is -3.70. The molecule has 0 aromatic rings. The van der Waals surface area contributed by atoms with Crippen molar-refractivity contribution >= 4 is 7.82 Å². The van der Waals surface area contributed by atoms with Crippen molar-refractivity contribution in [2.75, 3.05) is 14.2 Å². The Hall–Kier alpha value is -0.380.